The maximum absolute atomic E-state index is 12.5. The van der Waals surface area contributed by atoms with E-state index in [9.17, 15) is 24.2 Å². The van der Waals surface area contributed by atoms with E-state index in [2.05, 4.69) is 4.98 Å². The van der Waals surface area contributed by atoms with Crippen LogP contribution in [0.5, 0.6) is 0 Å². The van der Waals surface area contributed by atoms with E-state index in [0.29, 0.717) is 12.8 Å². The molecule has 0 aliphatic rings. The first kappa shape index (κ1) is 30.7. The van der Waals surface area contributed by atoms with Gasteiger partial charge in [-0.2, -0.15) is 0 Å². The lowest BCUT2D eigenvalue weighted by molar-refractivity contribution is -0.156. The van der Waals surface area contributed by atoms with Crippen LogP contribution >= 0.6 is 7.82 Å². The standard InChI is InChI=1S/C23H43N2O8P/c1-9-12-22(5,6)32-20(19(27)17(4)25-14-11-18(26)24-21(25)28)16(3)15-31-34(29,30)33-23(7,8)13-10-2/h11,14,16-17,19-20,27H,9-10,12-13,15H2,1-8H3,(H,29,30)(H,24,26,28). The van der Waals surface area contributed by atoms with Crippen LogP contribution in [-0.4, -0.2) is 49.6 Å². The number of aliphatic hydroxyl groups excluding tert-OH is 1. The molecule has 0 saturated heterocycles. The van der Waals surface area contributed by atoms with Crippen LogP contribution < -0.4 is 11.2 Å². The summed E-state index contributed by atoms with van der Waals surface area (Å²) in [5.41, 5.74) is -2.62. The zero-order valence-electron chi connectivity index (χ0n) is 21.7. The van der Waals surface area contributed by atoms with Crippen LogP contribution in [0.2, 0.25) is 0 Å². The predicted molar refractivity (Wildman–Crippen MR) is 131 cm³/mol. The van der Waals surface area contributed by atoms with Crippen LogP contribution in [-0.2, 0) is 18.3 Å². The molecule has 198 valence electrons. The summed E-state index contributed by atoms with van der Waals surface area (Å²) in [4.78, 5) is 36.1. The van der Waals surface area contributed by atoms with Crippen LogP contribution in [0.25, 0.3) is 0 Å². The highest BCUT2D eigenvalue weighted by Gasteiger charge is 2.38. The monoisotopic (exact) mass is 506 g/mol. The molecule has 0 bridgehead atoms. The number of hydrogen-bond donors (Lipinski definition) is 3. The number of ether oxygens (including phenoxy) is 1. The van der Waals surface area contributed by atoms with Gasteiger partial charge in [0.2, 0.25) is 0 Å². The van der Waals surface area contributed by atoms with Crippen molar-refractivity contribution >= 4 is 7.82 Å². The summed E-state index contributed by atoms with van der Waals surface area (Å²) in [6.45, 7) is 14.4. The summed E-state index contributed by atoms with van der Waals surface area (Å²) in [7, 11) is -4.36. The quantitative estimate of drug-likeness (QED) is 0.305. The summed E-state index contributed by atoms with van der Waals surface area (Å²) in [6.07, 6.45) is 2.20. The van der Waals surface area contributed by atoms with Gasteiger partial charge < -0.3 is 14.7 Å². The highest BCUT2D eigenvalue weighted by Crippen LogP contribution is 2.48. The average Bonchev–Trinajstić information content (AvgIpc) is 2.68. The molecule has 10 nitrogen and oxygen atoms in total. The Labute approximate surface area is 202 Å². The van der Waals surface area contributed by atoms with E-state index >= 15 is 0 Å². The van der Waals surface area contributed by atoms with Gasteiger partial charge in [0.15, 0.2) is 0 Å². The minimum absolute atomic E-state index is 0.215. The van der Waals surface area contributed by atoms with Gasteiger partial charge in [0.25, 0.3) is 5.56 Å². The number of rotatable bonds is 15. The number of aromatic nitrogens is 2. The number of hydrogen-bond acceptors (Lipinski definition) is 7. The van der Waals surface area contributed by atoms with E-state index in [1.165, 1.54) is 16.8 Å². The summed E-state index contributed by atoms with van der Waals surface area (Å²) in [5.74, 6) is -0.537. The Morgan fingerprint density at radius 1 is 1.09 bits per heavy atom. The molecular formula is C23H43N2O8P. The molecule has 0 aliphatic heterocycles. The molecule has 0 amide bonds. The van der Waals surface area contributed by atoms with E-state index < -0.39 is 54.4 Å². The summed E-state index contributed by atoms with van der Waals surface area (Å²) >= 11 is 0. The molecule has 5 atom stereocenters. The van der Waals surface area contributed by atoms with Gasteiger partial charge in [0, 0.05) is 18.2 Å². The Kier molecular flexibility index (Phi) is 11.4. The normalized spacial score (nSPS) is 18.2. The Morgan fingerprint density at radius 3 is 2.18 bits per heavy atom. The summed E-state index contributed by atoms with van der Waals surface area (Å²) < 4.78 is 30.7. The molecule has 1 heterocycles. The molecule has 11 heteroatoms. The second-order valence-corrected chi connectivity index (χ2v) is 11.6. The second kappa shape index (κ2) is 12.6. The third kappa shape index (κ3) is 9.76. The molecule has 0 aromatic carbocycles. The minimum Gasteiger partial charge on any atom is -0.388 e. The van der Waals surface area contributed by atoms with Crippen LogP contribution in [0.4, 0.5) is 0 Å². The molecule has 1 aromatic rings. The lowest BCUT2D eigenvalue weighted by Crippen LogP contribution is -2.47. The maximum atomic E-state index is 12.5. The van der Waals surface area contributed by atoms with E-state index in [4.69, 9.17) is 13.8 Å². The van der Waals surface area contributed by atoms with Gasteiger partial charge in [-0.05, 0) is 47.5 Å². The van der Waals surface area contributed by atoms with Gasteiger partial charge >= 0.3 is 13.5 Å². The molecule has 34 heavy (non-hydrogen) atoms. The number of phosphoric acid groups is 1. The maximum Gasteiger partial charge on any atom is 0.472 e. The Morgan fingerprint density at radius 2 is 1.65 bits per heavy atom. The Bertz CT molecular complexity index is 926. The molecule has 5 unspecified atom stereocenters. The average molecular weight is 507 g/mol. The third-order valence-electron chi connectivity index (χ3n) is 5.70. The molecule has 1 rings (SSSR count). The molecule has 0 aliphatic carbocycles. The number of H-pyrrole nitrogens is 1. The highest BCUT2D eigenvalue weighted by atomic mass is 31.2. The van der Waals surface area contributed by atoms with Gasteiger partial charge in [-0.25, -0.2) is 9.36 Å². The number of aromatic amines is 1. The Balaban J connectivity index is 3.12. The van der Waals surface area contributed by atoms with E-state index in [0.717, 1.165) is 12.8 Å². The van der Waals surface area contributed by atoms with Gasteiger partial charge in [0.05, 0.1) is 30.0 Å². The van der Waals surface area contributed by atoms with Crippen molar-refractivity contribution in [2.24, 2.45) is 5.92 Å². The van der Waals surface area contributed by atoms with Crippen LogP contribution in [0, 0.1) is 5.92 Å². The van der Waals surface area contributed by atoms with Crippen molar-refractivity contribution in [3.05, 3.63) is 33.1 Å². The molecule has 0 radical (unpaired) electrons. The number of phosphoric ester groups is 1. The van der Waals surface area contributed by atoms with Crippen molar-refractivity contribution in [3.63, 3.8) is 0 Å². The van der Waals surface area contributed by atoms with E-state index in [1.54, 1.807) is 27.7 Å². The van der Waals surface area contributed by atoms with Crippen molar-refractivity contribution in [1.82, 2.24) is 9.55 Å². The van der Waals surface area contributed by atoms with Crippen molar-refractivity contribution in [2.75, 3.05) is 6.61 Å². The molecule has 0 spiro atoms. The first-order valence-electron chi connectivity index (χ1n) is 11.9. The molecule has 3 N–H and O–H groups in total. The predicted octanol–water partition coefficient (Wildman–Crippen LogP) is 3.77. The molecule has 0 saturated carbocycles. The van der Waals surface area contributed by atoms with Gasteiger partial charge in [-0.15, -0.1) is 0 Å². The Hall–Kier alpha value is -1.29. The van der Waals surface area contributed by atoms with Gasteiger partial charge in [-0.3, -0.25) is 23.4 Å². The van der Waals surface area contributed by atoms with E-state index in [1.807, 2.05) is 27.7 Å². The van der Waals surface area contributed by atoms with E-state index in [-0.39, 0.29) is 6.61 Å². The smallest absolute Gasteiger partial charge is 0.388 e. The van der Waals surface area contributed by atoms with Crippen LogP contribution in [0.3, 0.4) is 0 Å². The van der Waals surface area contributed by atoms with Crippen molar-refractivity contribution in [1.29, 1.82) is 0 Å². The molecular weight excluding hydrogens is 463 g/mol. The lowest BCUT2D eigenvalue weighted by atomic mass is 9.93. The third-order valence-corrected chi connectivity index (χ3v) is 6.90. The fraction of sp³-hybridized carbons (Fsp3) is 0.826. The largest absolute Gasteiger partial charge is 0.472 e. The number of nitrogens with zero attached hydrogens (tertiary/aromatic N) is 1. The summed E-state index contributed by atoms with van der Waals surface area (Å²) in [6, 6.07) is 0.445. The van der Waals surface area contributed by atoms with Crippen molar-refractivity contribution < 1.29 is 28.3 Å². The van der Waals surface area contributed by atoms with Gasteiger partial charge in [0.1, 0.15) is 6.10 Å². The molecule has 0 fully saturated rings. The van der Waals surface area contributed by atoms with Crippen molar-refractivity contribution in [2.45, 2.75) is 111 Å². The lowest BCUT2D eigenvalue weighted by Gasteiger charge is -2.38. The van der Waals surface area contributed by atoms with Crippen LogP contribution in [0.1, 0.15) is 87.1 Å². The fourth-order valence-corrected chi connectivity index (χ4v) is 5.22. The zero-order valence-corrected chi connectivity index (χ0v) is 22.6. The first-order valence-corrected chi connectivity index (χ1v) is 13.4. The minimum atomic E-state index is -4.36. The highest BCUT2D eigenvalue weighted by molar-refractivity contribution is 7.47. The number of aliphatic hydroxyl groups is 1. The van der Waals surface area contributed by atoms with Crippen molar-refractivity contribution in [3.8, 4) is 0 Å². The van der Waals surface area contributed by atoms with Crippen LogP contribution in [0.15, 0.2) is 21.9 Å². The van der Waals surface area contributed by atoms with Gasteiger partial charge in [-0.1, -0.05) is 33.6 Å². The first-order chi connectivity index (χ1) is 15.5. The topological polar surface area (TPSA) is 140 Å². The number of nitrogens with one attached hydrogen (secondary N) is 1. The second-order valence-electron chi connectivity index (χ2n) is 10.2. The molecule has 1 aromatic heterocycles. The summed E-state index contributed by atoms with van der Waals surface area (Å²) in [5, 5.41) is 11.2. The zero-order chi connectivity index (χ0) is 26.3. The fourth-order valence-electron chi connectivity index (χ4n) is 4.03. The SMILES string of the molecule is CCCC(C)(C)OC(C(C)COP(=O)(O)OC(C)(C)CCC)C(O)C(C)n1ccc(=O)[nH]c1=O.